The average molecular weight is 340 g/mol. The highest BCUT2D eigenvalue weighted by molar-refractivity contribution is 9.10. The zero-order valence-corrected chi connectivity index (χ0v) is 14.4. The highest BCUT2D eigenvalue weighted by Crippen LogP contribution is 2.43. The lowest BCUT2D eigenvalue weighted by Crippen LogP contribution is -2.47. The van der Waals surface area contributed by atoms with Crippen LogP contribution in [0.1, 0.15) is 46.5 Å². The Kier molecular flexibility index (Phi) is 5.14. The van der Waals surface area contributed by atoms with E-state index in [0.717, 1.165) is 29.8 Å². The van der Waals surface area contributed by atoms with Crippen molar-refractivity contribution < 1.29 is 4.74 Å². The monoisotopic (exact) mass is 339 g/mol. The number of rotatable bonds is 6. The zero-order chi connectivity index (χ0) is 14.6. The average Bonchev–Trinajstić information content (AvgIpc) is 2.30. The topological polar surface area (TPSA) is 21.3 Å². The summed E-state index contributed by atoms with van der Waals surface area (Å²) in [5, 5.41) is 3.66. The van der Waals surface area contributed by atoms with Crippen molar-refractivity contribution in [3.05, 3.63) is 28.7 Å². The summed E-state index contributed by atoms with van der Waals surface area (Å²) in [5.41, 5.74) is 0.660. The Morgan fingerprint density at radius 3 is 2.60 bits per heavy atom. The first-order valence-electron chi connectivity index (χ1n) is 7.52. The van der Waals surface area contributed by atoms with Gasteiger partial charge in [-0.2, -0.15) is 0 Å². The molecule has 3 heteroatoms. The Hall–Kier alpha value is -0.540. The van der Waals surface area contributed by atoms with Gasteiger partial charge in [-0.05, 0) is 63.6 Å². The van der Waals surface area contributed by atoms with Gasteiger partial charge in [0.05, 0.1) is 6.61 Å². The van der Waals surface area contributed by atoms with Gasteiger partial charge in [-0.15, -0.1) is 0 Å². The molecular weight excluding hydrogens is 314 g/mol. The van der Waals surface area contributed by atoms with Crippen molar-refractivity contribution in [2.75, 3.05) is 13.2 Å². The Labute approximate surface area is 131 Å². The van der Waals surface area contributed by atoms with Crippen LogP contribution < -0.4 is 10.1 Å². The molecule has 0 aliphatic heterocycles. The molecule has 1 aliphatic rings. The first kappa shape index (κ1) is 15.8. The largest absolute Gasteiger partial charge is 0.494 e. The summed E-state index contributed by atoms with van der Waals surface area (Å²) in [6, 6.07) is 8.08. The van der Waals surface area contributed by atoms with Crippen LogP contribution in [0.15, 0.2) is 28.7 Å². The molecule has 0 atom stereocenters. The minimum Gasteiger partial charge on any atom is -0.494 e. The molecule has 1 aliphatic carbocycles. The molecule has 1 N–H and O–H groups in total. The number of hydrogen-bond donors (Lipinski definition) is 1. The van der Waals surface area contributed by atoms with Crippen LogP contribution in [-0.4, -0.2) is 18.7 Å². The second-order valence-corrected chi connectivity index (χ2v) is 7.93. The fourth-order valence-corrected chi connectivity index (χ4v) is 2.97. The molecule has 20 heavy (non-hydrogen) atoms. The SMILES string of the molecule is CC(C)(C)NCC1(CCOc2cccc(Br)c2)CCC1. The molecular formula is C17H26BrNO. The van der Waals surface area contributed by atoms with Crippen LogP contribution in [0.25, 0.3) is 0 Å². The van der Waals surface area contributed by atoms with E-state index < -0.39 is 0 Å². The molecule has 0 saturated heterocycles. The molecule has 2 rings (SSSR count). The number of benzene rings is 1. The Bertz CT molecular complexity index is 435. The van der Waals surface area contributed by atoms with Crippen LogP contribution in [0, 0.1) is 5.41 Å². The third-order valence-electron chi connectivity index (χ3n) is 4.11. The summed E-state index contributed by atoms with van der Waals surface area (Å²) in [5.74, 6) is 0.956. The number of halogens is 1. The predicted octanol–water partition coefficient (Wildman–Crippen LogP) is 4.78. The molecule has 0 amide bonds. The summed E-state index contributed by atoms with van der Waals surface area (Å²) >= 11 is 3.48. The van der Waals surface area contributed by atoms with Gasteiger partial charge in [-0.3, -0.25) is 0 Å². The summed E-state index contributed by atoms with van der Waals surface area (Å²) in [4.78, 5) is 0. The first-order valence-corrected chi connectivity index (χ1v) is 8.31. The molecule has 1 aromatic carbocycles. The van der Waals surface area contributed by atoms with E-state index in [0.29, 0.717) is 5.41 Å². The van der Waals surface area contributed by atoms with Gasteiger partial charge in [0.2, 0.25) is 0 Å². The van der Waals surface area contributed by atoms with E-state index in [9.17, 15) is 0 Å². The third-order valence-corrected chi connectivity index (χ3v) is 4.60. The van der Waals surface area contributed by atoms with Gasteiger partial charge in [0, 0.05) is 16.6 Å². The second kappa shape index (κ2) is 6.48. The van der Waals surface area contributed by atoms with Crippen molar-refractivity contribution in [1.82, 2.24) is 5.32 Å². The van der Waals surface area contributed by atoms with Gasteiger partial charge >= 0.3 is 0 Å². The van der Waals surface area contributed by atoms with Crippen LogP contribution in [0.2, 0.25) is 0 Å². The molecule has 2 nitrogen and oxygen atoms in total. The maximum atomic E-state index is 5.89. The van der Waals surface area contributed by atoms with Crippen molar-refractivity contribution in [2.45, 2.75) is 52.0 Å². The number of hydrogen-bond acceptors (Lipinski definition) is 2. The van der Waals surface area contributed by atoms with E-state index in [-0.39, 0.29) is 5.54 Å². The minimum absolute atomic E-state index is 0.202. The summed E-state index contributed by atoms with van der Waals surface area (Å²) in [7, 11) is 0. The molecule has 0 unspecified atom stereocenters. The Balaban J connectivity index is 1.79. The van der Waals surface area contributed by atoms with Gasteiger partial charge in [0.15, 0.2) is 0 Å². The van der Waals surface area contributed by atoms with Crippen molar-refractivity contribution >= 4 is 15.9 Å². The Morgan fingerprint density at radius 2 is 2.05 bits per heavy atom. The predicted molar refractivity (Wildman–Crippen MR) is 88.3 cm³/mol. The Morgan fingerprint density at radius 1 is 1.30 bits per heavy atom. The van der Waals surface area contributed by atoms with Crippen LogP contribution in [0.3, 0.4) is 0 Å². The molecule has 1 saturated carbocycles. The molecule has 1 aromatic rings. The number of ether oxygens (including phenoxy) is 1. The highest BCUT2D eigenvalue weighted by atomic mass is 79.9. The maximum Gasteiger partial charge on any atom is 0.120 e. The molecule has 112 valence electrons. The lowest BCUT2D eigenvalue weighted by atomic mass is 9.66. The van der Waals surface area contributed by atoms with Gasteiger partial charge in [-0.1, -0.05) is 28.4 Å². The molecule has 0 radical (unpaired) electrons. The van der Waals surface area contributed by atoms with Crippen molar-refractivity contribution in [3.63, 3.8) is 0 Å². The van der Waals surface area contributed by atoms with E-state index in [1.807, 2.05) is 24.3 Å². The summed E-state index contributed by atoms with van der Waals surface area (Å²) < 4.78 is 6.96. The van der Waals surface area contributed by atoms with Crippen LogP contribution >= 0.6 is 15.9 Å². The van der Waals surface area contributed by atoms with Crippen LogP contribution in [-0.2, 0) is 0 Å². The smallest absolute Gasteiger partial charge is 0.120 e. The van der Waals surface area contributed by atoms with Gasteiger partial charge < -0.3 is 10.1 Å². The van der Waals surface area contributed by atoms with Crippen molar-refractivity contribution in [2.24, 2.45) is 5.41 Å². The second-order valence-electron chi connectivity index (χ2n) is 7.01. The highest BCUT2D eigenvalue weighted by Gasteiger charge is 2.37. The van der Waals surface area contributed by atoms with E-state index in [2.05, 4.69) is 42.0 Å². The fraction of sp³-hybridized carbons (Fsp3) is 0.647. The standard InChI is InChI=1S/C17H26BrNO/c1-16(2,3)19-13-17(8-5-9-17)10-11-20-15-7-4-6-14(18)12-15/h4,6-7,12,19H,5,8-11,13H2,1-3H3. The quantitative estimate of drug-likeness (QED) is 0.805. The van der Waals surface area contributed by atoms with E-state index in [1.54, 1.807) is 0 Å². The summed E-state index contributed by atoms with van der Waals surface area (Å²) in [6.07, 6.45) is 5.17. The normalized spacial score (nSPS) is 17.6. The number of nitrogens with one attached hydrogen (secondary N) is 1. The minimum atomic E-state index is 0.202. The van der Waals surface area contributed by atoms with Crippen LogP contribution in [0.4, 0.5) is 0 Å². The van der Waals surface area contributed by atoms with Crippen molar-refractivity contribution in [1.29, 1.82) is 0 Å². The third kappa shape index (κ3) is 4.78. The molecule has 0 aromatic heterocycles. The lowest BCUT2D eigenvalue weighted by molar-refractivity contribution is 0.0837. The zero-order valence-electron chi connectivity index (χ0n) is 12.8. The van der Waals surface area contributed by atoms with E-state index in [1.165, 1.54) is 19.3 Å². The first-order chi connectivity index (χ1) is 9.39. The fourth-order valence-electron chi connectivity index (χ4n) is 2.59. The van der Waals surface area contributed by atoms with E-state index in [4.69, 9.17) is 4.74 Å². The molecule has 0 heterocycles. The summed E-state index contributed by atoms with van der Waals surface area (Å²) in [6.45, 7) is 8.62. The van der Waals surface area contributed by atoms with Crippen LogP contribution in [0.5, 0.6) is 5.75 Å². The molecule has 1 fully saturated rings. The molecule has 0 spiro atoms. The maximum absolute atomic E-state index is 5.89. The van der Waals surface area contributed by atoms with Gasteiger partial charge in [0.1, 0.15) is 5.75 Å². The van der Waals surface area contributed by atoms with Gasteiger partial charge in [-0.25, -0.2) is 0 Å². The van der Waals surface area contributed by atoms with E-state index >= 15 is 0 Å². The van der Waals surface area contributed by atoms with Crippen molar-refractivity contribution in [3.8, 4) is 5.75 Å². The lowest BCUT2D eigenvalue weighted by Gasteiger charge is -2.44. The molecule has 0 bridgehead atoms. The van der Waals surface area contributed by atoms with Gasteiger partial charge in [0.25, 0.3) is 0 Å².